The molecule has 7 heteroatoms. The van der Waals surface area contributed by atoms with E-state index in [2.05, 4.69) is 27.3 Å². The molecule has 0 unspecified atom stereocenters. The van der Waals surface area contributed by atoms with Crippen LogP contribution in [0.2, 0.25) is 0 Å². The van der Waals surface area contributed by atoms with Crippen LogP contribution in [-0.4, -0.2) is 46.5 Å². The molecule has 0 amide bonds. The third kappa shape index (κ3) is 3.62. The summed E-state index contributed by atoms with van der Waals surface area (Å²) in [6, 6.07) is 14.1. The van der Waals surface area contributed by atoms with Crippen LogP contribution in [0.5, 0.6) is 5.75 Å². The number of hydrogen-bond donors (Lipinski definition) is 0. The van der Waals surface area contributed by atoms with Gasteiger partial charge in [0.25, 0.3) is 0 Å². The Balaban J connectivity index is 1.37. The SMILES string of the molecule is COc1ccc(-c2ccc3c([C@H]4CN(Cc5ccoc5)CCO4)nnn3c2)cc1. The number of pyridine rings is 1. The van der Waals surface area contributed by atoms with Gasteiger partial charge in [0.2, 0.25) is 0 Å². The van der Waals surface area contributed by atoms with Gasteiger partial charge in [0.05, 0.1) is 31.8 Å². The van der Waals surface area contributed by atoms with Crippen molar-refractivity contribution in [2.75, 3.05) is 26.8 Å². The third-order valence-electron chi connectivity index (χ3n) is 5.31. The van der Waals surface area contributed by atoms with Gasteiger partial charge in [-0.1, -0.05) is 23.4 Å². The monoisotopic (exact) mass is 390 g/mol. The van der Waals surface area contributed by atoms with Gasteiger partial charge in [0.1, 0.15) is 17.5 Å². The number of methoxy groups -OCH3 is 1. The van der Waals surface area contributed by atoms with Crippen molar-refractivity contribution in [2.45, 2.75) is 12.6 Å². The van der Waals surface area contributed by atoms with Gasteiger partial charge >= 0.3 is 0 Å². The second-order valence-electron chi connectivity index (χ2n) is 7.18. The molecule has 1 atom stereocenters. The molecule has 148 valence electrons. The Morgan fingerprint density at radius 3 is 2.76 bits per heavy atom. The van der Waals surface area contributed by atoms with E-state index in [4.69, 9.17) is 13.9 Å². The summed E-state index contributed by atoms with van der Waals surface area (Å²) in [5.41, 5.74) is 5.19. The molecule has 1 aliphatic heterocycles. The van der Waals surface area contributed by atoms with Crippen molar-refractivity contribution < 1.29 is 13.9 Å². The zero-order chi connectivity index (χ0) is 19.6. The molecular formula is C22H22N4O3. The molecule has 0 saturated carbocycles. The molecule has 1 aliphatic rings. The summed E-state index contributed by atoms with van der Waals surface area (Å²) in [6.07, 6.45) is 5.40. The van der Waals surface area contributed by atoms with Crippen molar-refractivity contribution in [1.29, 1.82) is 0 Å². The highest BCUT2D eigenvalue weighted by molar-refractivity contribution is 5.66. The summed E-state index contributed by atoms with van der Waals surface area (Å²) in [7, 11) is 1.67. The van der Waals surface area contributed by atoms with Crippen LogP contribution in [0.1, 0.15) is 17.4 Å². The van der Waals surface area contributed by atoms with E-state index < -0.39 is 0 Å². The lowest BCUT2D eigenvalue weighted by molar-refractivity contribution is -0.0343. The molecule has 29 heavy (non-hydrogen) atoms. The highest BCUT2D eigenvalue weighted by atomic mass is 16.5. The van der Waals surface area contributed by atoms with Crippen molar-refractivity contribution >= 4 is 5.52 Å². The molecule has 5 rings (SSSR count). The number of hydrogen-bond acceptors (Lipinski definition) is 6. The van der Waals surface area contributed by atoms with Crippen molar-refractivity contribution in [3.05, 3.63) is 72.4 Å². The number of nitrogens with zero attached hydrogens (tertiary/aromatic N) is 4. The minimum Gasteiger partial charge on any atom is -0.497 e. The Bertz CT molecular complexity index is 1090. The van der Waals surface area contributed by atoms with Crippen LogP contribution in [0, 0.1) is 0 Å². The first-order valence-electron chi connectivity index (χ1n) is 9.64. The number of rotatable bonds is 5. The van der Waals surface area contributed by atoms with Crippen LogP contribution < -0.4 is 4.74 Å². The predicted molar refractivity (Wildman–Crippen MR) is 108 cm³/mol. The summed E-state index contributed by atoms with van der Waals surface area (Å²) >= 11 is 0. The van der Waals surface area contributed by atoms with Gasteiger partial charge in [0, 0.05) is 37.0 Å². The van der Waals surface area contributed by atoms with Crippen molar-refractivity contribution in [2.24, 2.45) is 0 Å². The summed E-state index contributed by atoms with van der Waals surface area (Å²) in [5, 5.41) is 8.78. The molecular weight excluding hydrogens is 368 g/mol. The maximum absolute atomic E-state index is 6.03. The van der Waals surface area contributed by atoms with Gasteiger partial charge in [-0.15, -0.1) is 5.10 Å². The van der Waals surface area contributed by atoms with E-state index in [1.54, 1.807) is 19.6 Å². The quantitative estimate of drug-likeness (QED) is 0.519. The van der Waals surface area contributed by atoms with Gasteiger partial charge in [-0.3, -0.25) is 4.90 Å². The minimum absolute atomic E-state index is 0.0972. The summed E-state index contributed by atoms with van der Waals surface area (Å²) < 4.78 is 18.3. The first-order valence-corrected chi connectivity index (χ1v) is 9.64. The van der Waals surface area contributed by atoms with E-state index in [9.17, 15) is 0 Å². The first kappa shape index (κ1) is 17.9. The molecule has 0 N–H and O–H groups in total. The zero-order valence-corrected chi connectivity index (χ0v) is 16.2. The average Bonchev–Trinajstić information content (AvgIpc) is 3.43. The fourth-order valence-corrected chi connectivity index (χ4v) is 3.75. The van der Waals surface area contributed by atoms with Crippen LogP contribution in [0.3, 0.4) is 0 Å². The van der Waals surface area contributed by atoms with Crippen LogP contribution in [0.4, 0.5) is 0 Å². The minimum atomic E-state index is -0.0972. The molecule has 1 saturated heterocycles. The number of fused-ring (bicyclic) bond motifs is 1. The molecule has 4 heterocycles. The summed E-state index contributed by atoms with van der Waals surface area (Å²) in [5.74, 6) is 0.840. The molecule has 0 bridgehead atoms. The topological polar surface area (TPSA) is 65.0 Å². The average molecular weight is 390 g/mol. The van der Waals surface area contributed by atoms with Crippen LogP contribution in [0.15, 0.2) is 65.6 Å². The summed E-state index contributed by atoms with van der Waals surface area (Å²) in [4.78, 5) is 2.36. The van der Waals surface area contributed by atoms with Crippen molar-refractivity contribution in [3.63, 3.8) is 0 Å². The van der Waals surface area contributed by atoms with Gasteiger partial charge < -0.3 is 13.9 Å². The number of ether oxygens (including phenoxy) is 2. The van der Waals surface area contributed by atoms with Crippen LogP contribution in [-0.2, 0) is 11.3 Å². The number of benzene rings is 1. The Morgan fingerprint density at radius 1 is 1.10 bits per heavy atom. The Hall–Kier alpha value is -3.16. The van der Waals surface area contributed by atoms with Crippen LogP contribution in [0.25, 0.3) is 16.6 Å². The highest BCUT2D eigenvalue weighted by Gasteiger charge is 2.26. The third-order valence-corrected chi connectivity index (χ3v) is 5.31. The Morgan fingerprint density at radius 2 is 1.97 bits per heavy atom. The Kier molecular flexibility index (Phi) is 4.75. The number of aromatic nitrogens is 3. The molecule has 4 aromatic rings. The number of furan rings is 1. The molecule has 7 nitrogen and oxygen atoms in total. The molecule has 0 aliphatic carbocycles. The van der Waals surface area contributed by atoms with Crippen molar-refractivity contribution in [1.82, 2.24) is 19.7 Å². The Labute approximate surface area is 168 Å². The van der Waals surface area contributed by atoms with Gasteiger partial charge in [-0.05, 0) is 29.8 Å². The second-order valence-corrected chi connectivity index (χ2v) is 7.18. The lowest BCUT2D eigenvalue weighted by atomic mass is 10.1. The molecule has 3 aromatic heterocycles. The number of morpholine rings is 1. The van der Waals surface area contributed by atoms with E-state index in [-0.39, 0.29) is 6.10 Å². The summed E-state index contributed by atoms with van der Waals surface area (Å²) in [6.45, 7) is 3.19. The standard InChI is InChI=1S/C22H22N4O3/c1-27-19-5-2-17(3-6-19)18-4-7-20-22(23-24-26(20)13-18)21-14-25(9-11-29-21)12-16-8-10-28-15-16/h2-8,10,13,15,21H,9,11-12,14H2,1H3/t21-/m1/s1. The molecule has 0 radical (unpaired) electrons. The fraction of sp³-hybridized carbons (Fsp3) is 0.273. The molecule has 1 fully saturated rings. The van der Waals surface area contributed by atoms with Gasteiger partial charge in [-0.2, -0.15) is 0 Å². The van der Waals surface area contributed by atoms with E-state index >= 15 is 0 Å². The molecule has 0 spiro atoms. The fourth-order valence-electron chi connectivity index (χ4n) is 3.75. The first-order chi connectivity index (χ1) is 14.3. The normalized spacial score (nSPS) is 17.6. The highest BCUT2D eigenvalue weighted by Crippen LogP contribution is 2.28. The van der Waals surface area contributed by atoms with E-state index in [0.29, 0.717) is 6.61 Å². The maximum Gasteiger partial charge on any atom is 0.121 e. The van der Waals surface area contributed by atoms with Crippen LogP contribution >= 0.6 is 0 Å². The van der Waals surface area contributed by atoms with E-state index in [1.165, 1.54) is 5.56 Å². The van der Waals surface area contributed by atoms with Crippen molar-refractivity contribution in [3.8, 4) is 16.9 Å². The van der Waals surface area contributed by atoms with Gasteiger partial charge in [0.15, 0.2) is 0 Å². The zero-order valence-electron chi connectivity index (χ0n) is 16.2. The smallest absolute Gasteiger partial charge is 0.121 e. The van der Waals surface area contributed by atoms with Gasteiger partial charge in [-0.25, -0.2) is 4.52 Å². The largest absolute Gasteiger partial charge is 0.497 e. The molecule has 1 aromatic carbocycles. The predicted octanol–water partition coefficient (Wildman–Crippen LogP) is 3.57. The van der Waals surface area contributed by atoms with E-state index in [1.807, 2.05) is 41.0 Å². The lowest BCUT2D eigenvalue weighted by Crippen LogP contribution is -2.37. The lowest BCUT2D eigenvalue weighted by Gasteiger charge is -2.31. The second kappa shape index (κ2) is 7.69. The van der Waals surface area contributed by atoms with E-state index in [0.717, 1.165) is 47.7 Å². The maximum atomic E-state index is 6.03.